The smallest absolute Gasteiger partial charge is 0.336 e. The molecule has 0 aliphatic heterocycles. The van der Waals surface area contributed by atoms with Crippen molar-refractivity contribution in [1.29, 1.82) is 0 Å². The zero-order valence-corrected chi connectivity index (χ0v) is 14.2. The van der Waals surface area contributed by atoms with Gasteiger partial charge in [-0.1, -0.05) is 30.3 Å². The molecule has 1 N–H and O–H groups in total. The normalized spacial score (nSPS) is 20.1. The fourth-order valence-corrected chi connectivity index (χ4v) is 4.56. The zero-order chi connectivity index (χ0) is 16.7. The molecule has 0 spiro atoms. The molecule has 0 bridgehead atoms. The van der Waals surface area contributed by atoms with E-state index in [-0.39, 0.29) is 10.9 Å². The number of hydrogen-bond acceptors (Lipinski definition) is 4. The fourth-order valence-electron chi connectivity index (χ4n) is 3.38. The molecule has 24 heavy (non-hydrogen) atoms. The van der Waals surface area contributed by atoms with Crippen LogP contribution in [0.25, 0.3) is 11.0 Å². The van der Waals surface area contributed by atoms with Gasteiger partial charge in [0.05, 0.1) is 6.10 Å². The van der Waals surface area contributed by atoms with Crippen molar-refractivity contribution < 1.29 is 9.52 Å². The maximum atomic E-state index is 11.7. The first-order valence-corrected chi connectivity index (χ1v) is 8.95. The lowest BCUT2D eigenvalue weighted by molar-refractivity contribution is 0.165. The highest BCUT2D eigenvalue weighted by Gasteiger charge is 2.30. The standard InChI is InChI=1S/C20H18O3S/c1-12-9-19(22)23-20-15(12)8-7-13-10-18(17(21)11-16(13)20)24-14-5-3-2-4-6-14/h2-9,17-18,21H,10-11H2,1H3. The molecule has 2 unspecified atom stereocenters. The van der Waals surface area contributed by atoms with E-state index in [1.807, 2.05) is 31.2 Å². The van der Waals surface area contributed by atoms with E-state index in [1.54, 1.807) is 11.8 Å². The molecule has 1 aliphatic carbocycles. The van der Waals surface area contributed by atoms with E-state index in [2.05, 4.69) is 18.2 Å². The summed E-state index contributed by atoms with van der Waals surface area (Å²) < 4.78 is 5.47. The molecule has 1 aliphatic rings. The first kappa shape index (κ1) is 15.5. The molecule has 3 nitrogen and oxygen atoms in total. The highest BCUT2D eigenvalue weighted by molar-refractivity contribution is 8.00. The Labute approximate surface area is 144 Å². The largest absolute Gasteiger partial charge is 0.422 e. The number of fused-ring (bicyclic) bond motifs is 3. The number of benzene rings is 2. The monoisotopic (exact) mass is 338 g/mol. The molecule has 0 saturated heterocycles. The molecule has 2 atom stereocenters. The van der Waals surface area contributed by atoms with E-state index >= 15 is 0 Å². The van der Waals surface area contributed by atoms with Gasteiger partial charge in [-0.2, -0.15) is 0 Å². The van der Waals surface area contributed by atoms with Crippen molar-refractivity contribution in [1.82, 2.24) is 0 Å². The van der Waals surface area contributed by atoms with Gasteiger partial charge >= 0.3 is 5.63 Å². The van der Waals surface area contributed by atoms with Gasteiger partial charge in [-0.3, -0.25) is 0 Å². The molecular formula is C20H18O3S. The van der Waals surface area contributed by atoms with Crippen LogP contribution in [0, 0.1) is 6.92 Å². The summed E-state index contributed by atoms with van der Waals surface area (Å²) in [7, 11) is 0. The Morgan fingerprint density at radius 2 is 1.92 bits per heavy atom. The third kappa shape index (κ3) is 2.76. The topological polar surface area (TPSA) is 50.4 Å². The van der Waals surface area contributed by atoms with Crippen molar-refractivity contribution in [2.75, 3.05) is 0 Å². The van der Waals surface area contributed by atoms with Crippen LogP contribution < -0.4 is 5.63 Å². The summed E-state index contributed by atoms with van der Waals surface area (Å²) in [5.74, 6) is 0. The van der Waals surface area contributed by atoms with E-state index in [0.29, 0.717) is 12.0 Å². The predicted octanol–water partition coefficient (Wildman–Crippen LogP) is 3.72. The Bertz CT molecular complexity index is 946. The summed E-state index contributed by atoms with van der Waals surface area (Å²) in [6.45, 7) is 1.92. The lowest BCUT2D eigenvalue weighted by Crippen LogP contribution is -2.32. The Balaban J connectivity index is 1.73. The van der Waals surface area contributed by atoms with E-state index in [9.17, 15) is 9.90 Å². The summed E-state index contributed by atoms with van der Waals surface area (Å²) in [6, 6.07) is 15.8. The number of thioether (sulfide) groups is 1. The zero-order valence-electron chi connectivity index (χ0n) is 13.4. The molecular weight excluding hydrogens is 320 g/mol. The number of rotatable bonds is 2. The van der Waals surface area contributed by atoms with Gasteiger partial charge in [-0.15, -0.1) is 11.8 Å². The number of aliphatic hydroxyl groups excluding tert-OH is 1. The van der Waals surface area contributed by atoms with Crippen molar-refractivity contribution in [2.24, 2.45) is 0 Å². The highest BCUT2D eigenvalue weighted by Crippen LogP contribution is 2.36. The second kappa shape index (κ2) is 6.11. The summed E-state index contributed by atoms with van der Waals surface area (Å²) in [6.07, 6.45) is 0.826. The van der Waals surface area contributed by atoms with Crippen LogP contribution >= 0.6 is 11.8 Å². The number of aryl methyl sites for hydroxylation is 1. The van der Waals surface area contributed by atoms with Crippen molar-refractivity contribution in [3.8, 4) is 0 Å². The quantitative estimate of drug-likeness (QED) is 0.724. The van der Waals surface area contributed by atoms with Crippen molar-refractivity contribution in [3.05, 3.63) is 75.6 Å². The van der Waals surface area contributed by atoms with Gasteiger partial charge in [0.1, 0.15) is 5.58 Å². The predicted molar refractivity (Wildman–Crippen MR) is 96.7 cm³/mol. The van der Waals surface area contributed by atoms with Gasteiger partial charge in [0, 0.05) is 33.6 Å². The van der Waals surface area contributed by atoms with Gasteiger partial charge in [-0.05, 0) is 36.6 Å². The minimum Gasteiger partial charge on any atom is -0.422 e. The van der Waals surface area contributed by atoms with E-state index in [1.165, 1.54) is 6.07 Å². The van der Waals surface area contributed by atoms with Crippen molar-refractivity contribution >= 4 is 22.7 Å². The van der Waals surface area contributed by atoms with Crippen LogP contribution in [-0.4, -0.2) is 16.5 Å². The van der Waals surface area contributed by atoms with Crippen molar-refractivity contribution in [2.45, 2.75) is 36.0 Å². The minimum atomic E-state index is -0.459. The molecule has 3 aromatic rings. The van der Waals surface area contributed by atoms with Crippen LogP contribution in [-0.2, 0) is 12.8 Å². The molecule has 4 rings (SSSR count). The average molecular weight is 338 g/mol. The summed E-state index contributed by atoms with van der Waals surface area (Å²) in [5.41, 5.74) is 3.36. The SMILES string of the molecule is Cc1cc(=O)oc2c3c(ccc12)CC(Sc1ccccc1)C(O)C3. The van der Waals surface area contributed by atoms with Crippen LogP contribution in [0.15, 0.2) is 62.6 Å². The van der Waals surface area contributed by atoms with Crippen molar-refractivity contribution in [3.63, 3.8) is 0 Å². The average Bonchev–Trinajstić information content (AvgIpc) is 2.56. The molecule has 4 heteroatoms. The van der Waals surface area contributed by atoms with Crippen LogP contribution in [0.5, 0.6) is 0 Å². The Morgan fingerprint density at radius 1 is 1.12 bits per heavy atom. The highest BCUT2D eigenvalue weighted by atomic mass is 32.2. The van der Waals surface area contributed by atoms with Gasteiger partial charge in [0.15, 0.2) is 0 Å². The molecule has 122 valence electrons. The summed E-state index contributed by atoms with van der Waals surface area (Å²) >= 11 is 1.71. The second-order valence-corrected chi connectivity index (χ2v) is 7.59. The van der Waals surface area contributed by atoms with E-state index in [0.717, 1.165) is 33.4 Å². The van der Waals surface area contributed by atoms with Gasteiger partial charge in [0.2, 0.25) is 0 Å². The molecule has 0 saturated carbocycles. The molecule has 1 heterocycles. The Kier molecular flexibility index (Phi) is 3.94. The maximum Gasteiger partial charge on any atom is 0.336 e. The van der Waals surface area contributed by atoms with Crippen LogP contribution in [0.4, 0.5) is 0 Å². The van der Waals surface area contributed by atoms with E-state index < -0.39 is 6.10 Å². The molecule has 1 aromatic heterocycles. The van der Waals surface area contributed by atoms with Gasteiger partial charge in [0.25, 0.3) is 0 Å². The first-order valence-electron chi connectivity index (χ1n) is 8.07. The van der Waals surface area contributed by atoms with Gasteiger partial charge in [-0.25, -0.2) is 4.79 Å². The van der Waals surface area contributed by atoms with Crippen LogP contribution in [0.2, 0.25) is 0 Å². The maximum absolute atomic E-state index is 11.7. The van der Waals surface area contributed by atoms with Gasteiger partial charge < -0.3 is 9.52 Å². The van der Waals surface area contributed by atoms with E-state index in [4.69, 9.17) is 4.42 Å². The summed E-state index contributed by atoms with van der Waals surface area (Å²) in [4.78, 5) is 12.9. The fraction of sp³-hybridized carbons (Fsp3) is 0.250. The molecule has 0 amide bonds. The lowest BCUT2D eigenvalue weighted by atomic mass is 9.87. The number of aliphatic hydroxyl groups is 1. The Hall–Kier alpha value is -2.04. The minimum absolute atomic E-state index is 0.105. The van der Waals surface area contributed by atoms with Crippen LogP contribution in [0.1, 0.15) is 16.7 Å². The first-order chi connectivity index (χ1) is 11.6. The summed E-state index contributed by atoms with van der Waals surface area (Å²) in [5, 5.41) is 11.7. The molecule has 2 aromatic carbocycles. The molecule has 0 fully saturated rings. The number of hydrogen-bond donors (Lipinski definition) is 1. The third-order valence-electron chi connectivity index (χ3n) is 4.61. The third-order valence-corrected chi connectivity index (χ3v) is 5.94. The Morgan fingerprint density at radius 3 is 2.71 bits per heavy atom. The lowest BCUT2D eigenvalue weighted by Gasteiger charge is -2.29. The molecule has 0 radical (unpaired) electrons. The second-order valence-electron chi connectivity index (χ2n) is 6.27. The van der Waals surface area contributed by atoms with Crippen LogP contribution in [0.3, 0.4) is 0 Å².